The van der Waals surface area contributed by atoms with Crippen LogP contribution in [0.4, 0.5) is 0 Å². The molecule has 0 amide bonds. The summed E-state index contributed by atoms with van der Waals surface area (Å²) in [6.07, 6.45) is 11.6. The first kappa shape index (κ1) is 14.9. The van der Waals surface area contributed by atoms with Gasteiger partial charge in [0.2, 0.25) is 0 Å². The van der Waals surface area contributed by atoms with Gasteiger partial charge in [-0.3, -0.25) is 0 Å². The minimum absolute atomic E-state index is 1.14. The second-order valence-corrected chi connectivity index (χ2v) is 11.1. The zero-order chi connectivity index (χ0) is 14.4. The first-order chi connectivity index (χ1) is 9.54. The van der Waals surface area contributed by atoms with Crippen LogP contribution in [0, 0.1) is 11.5 Å². The molecule has 0 atom stereocenters. The van der Waals surface area contributed by atoms with E-state index in [0.29, 0.717) is 0 Å². The lowest BCUT2D eigenvalue weighted by molar-refractivity contribution is 0.975. The van der Waals surface area contributed by atoms with Crippen LogP contribution in [0.25, 0.3) is 5.57 Å². The molecule has 0 aliphatic heterocycles. The van der Waals surface area contributed by atoms with Crippen molar-refractivity contribution in [2.24, 2.45) is 0 Å². The number of rotatable bonds is 1. The van der Waals surface area contributed by atoms with Gasteiger partial charge in [0.15, 0.2) is 0 Å². The van der Waals surface area contributed by atoms with Crippen LogP contribution >= 0.6 is 0 Å². The number of allylic oxidation sites excluding steroid dienone is 4. The molecule has 1 heteroatoms. The summed E-state index contributed by atoms with van der Waals surface area (Å²) in [6, 6.07) is 8.78. The van der Waals surface area contributed by atoms with Crippen LogP contribution in [0.5, 0.6) is 0 Å². The summed E-state index contributed by atoms with van der Waals surface area (Å²) in [6.45, 7) is 6.84. The van der Waals surface area contributed by atoms with E-state index in [-0.39, 0.29) is 0 Å². The van der Waals surface area contributed by atoms with E-state index in [2.05, 4.69) is 73.6 Å². The Morgan fingerprint density at radius 1 is 0.900 bits per heavy atom. The average molecular weight is 280 g/mol. The summed E-state index contributed by atoms with van der Waals surface area (Å²) in [7, 11) is -1.28. The van der Waals surface area contributed by atoms with Gasteiger partial charge in [0.1, 0.15) is 8.07 Å². The molecule has 0 N–H and O–H groups in total. The van der Waals surface area contributed by atoms with Crippen molar-refractivity contribution < 1.29 is 0 Å². The maximum absolute atomic E-state index is 3.42. The average Bonchev–Trinajstić information content (AvgIpc) is 2.36. The first-order valence-corrected chi connectivity index (χ1v) is 11.0. The maximum atomic E-state index is 3.42. The predicted octanol–water partition coefficient (Wildman–Crippen LogP) is 5.43. The van der Waals surface area contributed by atoms with Gasteiger partial charge in [-0.05, 0) is 49.0 Å². The third kappa shape index (κ3) is 4.87. The zero-order valence-corrected chi connectivity index (χ0v) is 13.9. The van der Waals surface area contributed by atoms with E-state index < -0.39 is 8.07 Å². The quantitative estimate of drug-likeness (QED) is 0.365. The molecule has 1 aliphatic carbocycles. The summed E-state index contributed by atoms with van der Waals surface area (Å²) in [5.41, 5.74) is 7.41. The molecule has 104 valence electrons. The molecule has 1 aliphatic rings. The summed E-state index contributed by atoms with van der Waals surface area (Å²) < 4.78 is 0. The Morgan fingerprint density at radius 2 is 1.60 bits per heavy atom. The van der Waals surface area contributed by atoms with Crippen molar-refractivity contribution in [1.29, 1.82) is 0 Å². The highest BCUT2D eigenvalue weighted by Crippen LogP contribution is 2.23. The number of benzene rings is 1. The van der Waals surface area contributed by atoms with Crippen LogP contribution in [-0.4, -0.2) is 8.07 Å². The van der Waals surface area contributed by atoms with Gasteiger partial charge >= 0.3 is 0 Å². The second-order valence-electron chi connectivity index (χ2n) is 6.39. The van der Waals surface area contributed by atoms with E-state index >= 15 is 0 Å². The fraction of sp³-hybridized carbons (Fsp3) is 0.368. The first-order valence-electron chi connectivity index (χ1n) is 7.52. The summed E-state index contributed by atoms with van der Waals surface area (Å²) in [5.74, 6) is 3.32. The Hall–Kier alpha value is -1.52. The van der Waals surface area contributed by atoms with Gasteiger partial charge in [0, 0.05) is 5.56 Å². The number of hydrogen-bond donors (Lipinski definition) is 0. The van der Waals surface area contributed by atoms with Crippen molar-refractivity contribution in [1.82, 2.24) is 0 Å². The van der Waals surface area contributed by atoms with Gasteiger partial charge in [-0.1, -0.05) is 55.9 Å². The largest absolute Gasteiger partial charge is 0.129 e. The lowest BCUT2D eigenvalue weighted by atomic mass is 9.97. The molecule has 0 radical (unpaired) electrons. The molecule has 0 saturated heterocycles. The SMILES string of the molecule is C[Si](C)(C)C#Cc1ccc(/C2=C\CC/C=C\CC2)cc1. The second kappa shape index (κ2) is 6.77. The van der Waals surface area contributed by atoms with Gasteiger partial charge in [-0.2, -0.15) is 0 Å². The van der Waals surface area contributed by atoms with Crippen molar-refractivity contribution in [2.75, 3.05) is 0 Å². The molecule has 0 nitrogen and oxygen atoms in total. The molecule has 0 fully saturated rings. The fourth-order valence-corrected chi connectivity index (χ4v) is 2.74. The van der Waals surface area contributed by atoms with Crippen molar-refractivity contribution in [3.63, 3.8) is 0 Å². The van der Waals surface area contributed by atoms with E-state index in [4.69, 9.17) is 0 Å². The smallest absolute Gasteiger partial charge is 0.127 e. The molecule has 0 spiro atoms. The van der Waals surface area contributed by atoms with Gasteiger partial charge in [-0.15, -0.1) is 5.54 Å². The Kier molecular flexibility index (Phi) is 5.03. The lowest BCUT2D eigenvalue weighted by Gasteiger charge is -2.09. The van der Waals surface area contributed by atoms with Crippen LogP contribution in [0.2, 0.25) is 19.6 Å². The minimum atomic E-state index is -1.28. The highest BCUT2D eigenvalue weighted by atomic mass is 28.3. The Labute approximate surface area is 124 Å². The van der Waals surface area contributed by atoms with Gasteiger partial charge in [0.05, 0.1) is 0 Å². The topological polar surface area (TPSA) is 0 Å². The summed E-state index contributed by atoms with van der Waals surface area (Å²) in [4.78, 5) is 0. The van der Waals surface area contributed by atoms with Crippen LogP contribution in [-0.2, 0) is 0 Å². The Morgan fingerprint density at radius 3 is 2.30 bits per heavy atom. The van der Waals surface area contributed by atoms with Crippen LogP contribution in [0.3, 0.4) is 0 Å². The zero-order valence-electron chi connectivity index (χ0n) is 12.9. The molecule has 2 rings (SSSR count). The molecular formula is C19H24Si. The normalized spacial score (nSPS) is 19.9. The van der Waals surface area contributed by atoms with E-state index in [0.717, 1.165) is 24.8 Å². The lowest BCUT2D eigenvalue weighted by Crippen LogP contribution is -2.16. The molecule has 1 aromatic rings. The van der Waals surface area contributed by atoms with Gasteiger partial charge in [0.25, 0.3) is 0 Å². The molecule has 0 unspecified atom stereocenters. The van der Waals surface area contributed by atoms with E-state index in [1.165, 1.54) is 17.6 Å². The third-order valence-electron chi connectivity index (χ3n) is 3.31. The van der Waals surface area contributed by atoms with Crippen LogP contribution < -0.4 is 0 Å². The van der Waals surface area contributed by atoms with Gasteiger partial charge in [-0.25, -0.2) is 0 Å². The number of hydrogen-bond acceptors (Lipinski definition) is 0. The summed E-state index contributed by atoms with van der Waals surface area (Å²) >= 11 is 0. The molecular weight excluding hydrogens is 256 g/mol. The Balaban J connectivity index is 2.13. The molecule has 20 heavy (non-hydrogen) atoms. The van der Waals surface area contributed by atoms with Crippen LogP contribution in [0.15, 0.2) is 42.5 Å². The highest BCUT2D eigenvalue weighted by Gasteiger charge is 2.07. The van der Waals surface area contributed by atoms with Crippen molar-refractivity contribution in [3.05, 3.63) is 53.6 Å². The van der Waals surface area contributed by atoms with Crippen molar-refractivity contribution >= 4 is 13.6 Å². The van der Waals surface area contributed by atoms with E-state index in [1.54, 1.807) is 0 Å². The predicted molar refractivity (Wildman–Crippen MR) is 92.3 cm³/mol. The molecule has 0 saturated carbocycles. The molecule has 1 aromatic carbocycles. The molecule has 0 bridgehead atoms. The standard InChI is InChI=1S/C19H24Si/c1-20(2,3)16-15-17-11-13-19(14-12-17)18-9-7-5-4-6-8-10-18/h4-5,10-14H,6-9H2,1-3H3/b5-4-,18-10-. The van der Waals surface area contributed by atoms with E-state index in [1.807, 2.05) is 0 Å². The fourth-order valence-electron chi connectivity index (χ4n) is 2.22. The monoisotopic (exact) mass is 280 g/mol. The molecule has 0 heterocycles. The third-order valence-corrected chi connectivity index (χ3v) is 4.18. The molecule has 0 aromatic heterocycles. The van der Waals surface area contributed by atoms with Crippen molar-refractivity contribution in [2.45, 2.75) is 45.3 Å². The van der Waals surface area contributed by atoms with E-state index in [9.17, 15) is 0 Å². The highest BCUT2D eigenvalue weighted by molar-refractivity contribution is 6.83. The maximum Gasteiger partial charge on any atom is 0.129 e. The van der Waals surface area contributed by atoms with Gasteiger partial charge < -0.3 is 0 Å². The minimum Gasteiger partial charge on any atom is -0.127 e. The van der Waals surface area contributed by atoms with Crippen LogP contribution in [0.1, 0.15) is 36.8 Å². The van der Waals surface area contributed by atoms with Crippen molar-refractivity contribution in [3.8, 4) is 11.5 Å². The Bertz CT molecular complexity index is 557. The summed E-state index contributed by atoms with van der Waals surface area (Å²) in [5, 5.41) is 0.